The molecule has 0 aliphatic heterocycles. The van der Waals surface area contributed by atoms with E-state index in [9.17, 15) is 14.7 Å². The minimum absolute atomic E-state index is 0.167. The first kappa shape index (κ1) is 20.1. The van der Waals surface area contributed by atoms with Crippen molar-refractivity contribution in [3.8, 4) is 0 Å². The Morgan fingerprint density at radius 1 is 0.909 bits per heavy atom. The van der Waals surface area contributed by atoms with Crippen LogP contribution in [0.1, 0.15) is 64.3 Å². The summed E-state index contributed by atoms with van der Waals surface area (Å²) in [6.45, 7) is 0. The van der Waals surface area contributed by atoms with Gasteiger partial charge in [0.05, 0.1) is 11.1 Å². The van der Waals surface area contributed by atoms with Crippen LogP contribution in [0.15, 0.2) is 18.2 Å². The highest BCUT2D eigenvalue weighted by Crippen LogP contribution is 2.35. The van der Waals surface area contributed by atoms with Crippen LogP contribution in [0.25, 0.3) is 0 Å². The first-order valence-corrected chi connectivity index (χ1v) is 7.09. The van der Waals surface area contributed by atoms with Crippen LogP contribution in [0.3, 0.4) is 0 Å². The van der Waals surface area contributed by atoms with Gasteiger partial charge in [0.2, 0.25) is 0 Å². The number of carboxylic acid groups (broad SMARTS) is 2. The molecule has 1 saturated carbocycles. The van der Waals surface area contributed by atoms with Crippen molar-refractivity contribution in [2.24, 2.45) is 0 Å². The second-order valence-electron chi connectivity index (χ2n) is 4.75. The number of aromatic carboxylic acids is 2. The maximum absolute atomic E-state index is 11.2. The van der Waals surface area contributed by atoms with Crippen LogP contribution in [0, 0.1) is 0 Å². The van der Waals surface area contributed by atoms with E-state index in [1.54, 1.807) is 0 Å². The molecule has 0 heterocycles. The van der Waals surface area contributed by atoms with Crippen molar-refractivity contribution in [3.63, 3.8) is 0 Å². The van der Waals surface area contributed by atoms with E-state index >= 15 is 0 Å². The van der Waals surface area contributed by atoms with Gasteiger partial charge in [-0.05, 0) is 42.5 Å². The monoisotopic (exact) mass is 312 g/mol. The number of rotatable bonds is 3. The van der Waals surface area contributed by atoms with Crippen molar-refractivity contribution in [2.45, 2.75) is 38.0 Å². The van der Waals surface area contributed by atoms with E-state index in [2.05, 4.69) is 0 Å². The molecular weight excluding hydrogens is 288 g/mol. The summed E-state index contributed by atoms with van der Waals surface area (Å²) >= 11 is 0. The van der Waals surface area contributed by atoms with Crippen LogP contribution in [0.4, 0.5) is 0 Å². The zero-order valence-electron chi connectivity index (χ0n) is 13.0. The van der Waals surface area contributed by atoms with Crippen LogP contribution in [0.2, 0.25) is 0 Å². The Kier molecular flexibility index (Phi) is 9.82. The molecule has 0 atom stereocenters. The van der Waals surface area contributed by atoms with E-state index in [1.807, 2.05) is 0 Å². The van der Waals surface area contributed by atoms with Crippen LogP contribution in [0.5, 0.6) is 0 Å². The van der Waals surface area contributed by atoms with Crippen molar-refractivity contribution in [3.05, 3.63) is 34.9 Å². The molecule has 0 aromatic heterocycles. The van der Waals surface area contributed by atoms with E-state index in [0.717, 1.165) is 39.9 Å². The molecular formula is C16H24O6. The Balaban J connectivity index is 0.00000102. The number of hydrogen-bond acceptors (Lipinski definition) is 4. The molecule has 0 spiro atoms. The van der Waals surface area contributed by atoms with Gasteiger partial charge in [-0.25, -0.2) is 9.59 Å². The third kappa shape index (κ3) is 5.46. The highest BCUT2D eigenvalue weighted by atomic mass is 16.4. The smallest absolute Gasteiger partial charge is 0.335 e. The molecule has 0 saturated heterocycles. The summed E-state index contributed by atoms with van der Waals surface area (Å²) in [5.74, 6) is -1.80. The van der Waals surface area contributed by atoms with Gasteiger partial charge in [0.25, 0.3) is 0 Å². The average Bonchev–Trinajstić information content (AvgIpc) is 2.58. The molecule has 4 N–H and O–H groups in total. The fourth-order valence-corrected chi connectivity index (χ4v) is 2.64. The Morgan fingerprint density at radius 3 is 1.91 bits per heavy atom. The highest BCUT2D eigenvalue weighted by Gasteiger charge is 2.22. The minimum Gasteiger partial charge on any atom is -0.478 e. The zero-order valence-corrected chi connectivity index (χ0v) is 13.0. The van der Waals surface area contributed by atoms with Gasteiger partial charge in [0, 0.05) is 14.2 Å². The SMILES string of the molecule is CO.CO.O=C(O)c1ccc(C(=O)O)c(C2CCCCC2)c1. The molecule has 6 heteroatoms. The first-order valence-electron chi connectivity index (χ1n) is 7.09. The van der Waals surface area contributed by atoms with Crippen LogP contribution in [-0.2, 0) is 0 Å². The average molecular weight is 312 g/mol. The molecule has 1 aromatic rings. The molecule has 0 radical (unpaired) electrons. The van der Waals surface area contributed by atoms with Crippen molar-refractivity contribution in [2.75, 3.05) is 14.2 Å². The zero-order chi connectivity index (χ0) is 17.1. The third-order valence-electron chi connectivity index (χ3n) is 3.57. The van der Waals surface area contributed by atoms with Gasteiger partial charge in [0.15, 0.2) is 0 Å². The van der Waals surface area contributed by atoms with E-state index in [1.165, 1.54) is 24.6 Å². The summed E-state index contributed by atoms with van der Waals surface area (Å²) in [7, 11) is 2.00. The van der Waals surface area contributed by atoms with Crippen LogP contribution in [-0.4, -0.2) is 46.6 Å². The predicted octanol–water partition coefficient (Wildman–Crippen LogP) is 2.35. The molecule has 1 aliphatic carbocycles. The highest BCUT2D eigenvalue weighted by molar-refractivity contribution is 5.93. The lowest BCUT2D eigenvalue weighted by molar-refractivity contribution is 0.0679. The van der Waals surface area contributed by atoms with E-state index in [0.29, 0.717) is 5.56 Å². The molecule has 0 amide bonds. The van der Waals surface area contributed by atoms with Gasteiger partial charge in [-0.2, -0.15) is 0 Å². The molecule has 22 heavy (non-hydrogen) atoms. The summed E-state index contributed by atoms with van der Waals surface area (Å²) < 4.78 is 0. The van der Waals surface area contributed by atoms with Crippen LogP contribution >= 0.6 is 0 Å². The summed E-state index contributed by atoms with van der Waals surface area (Å²) in [5, 5.41) is 32.2. The summed E-state index contributed by atoms with van der Waals surface area (Å²) in [6, 6.07) is 4.30. The van der Waals surface area contributed by atoms with E-state index in [-0.39, 0.29) is 17.0 Å². The quantitative estimate of drug-likeness (QED) is 0.681. The summed E-state index contributed by atoms with van der Waals surface area (Å²) in [4.78, 5) is 22.2. The number of aliphatic hydroxyl groups is 2. The van der Waals surface area contributed by atoms with Gasteiger partial charge < -0.3 is 20.4 Å². The lowest BCUT2D eigenvalue weighted by Crippen LogP contribution is -2.12. The largest absolute Gasteiger partial charge is 0.478 e. The number of benzene rings is 1. The standard InChI is InChI=1S/C14H16O4.2CH4O/c15-13(16)10-6-7-11(14(17)18)12(8-10)9-4-2-1-3-5-9;2*1-2/h6-9H,1-5H2,(H,15,16)(H,17,18);2*2H,1H3. The van der Waals surface area contributed by atoms with Crippen LogP contribution < -0.4 is 0 Å². The molecule has 1 aliphatic rings. The molecule has 1 fully saturated rings. The van der Waals surface area contributed by atoms with Gasteiger partial charge in [-0.15, -0.1) is 0 Å². The van der Waals surface area contributed by atoms with Gasteiger partial charge >= 0.3 is 11.9 Å². The third-order valence-corrected chi connectivity index (χ3v) is 3.57. The normalized spacial score (nSPS) is 14.0. The fourth-order valence-electron chi connectivity index (χ4n) is 2.64. The maximum atomic E-state index is 11.2. The Bertz CT molecular complexity index is 478. The fraction of sp³-hybridized carbons (Fsp3) is 0.500. The number of hydrogen-bond donors (Lipinski definition) is 4. The molecule has 2 rings (SSSR count). The van der Waals surface area contributed by atoms with Crippen molar-refractivity contribution < 1.29 is 30.0 Å². The number of carbonyl (C=O) groups is 2. The van der Waals surface area contributed by atoms with Crippen molar-refractivity contribution in [1.82, 2.24) is 0 Å². The molecule has 0 bridgehead atoms. The van der Waals surface area contributed by atoms with Crippen molar-refractivity contribution >= 4 is 11.9 Å². The van der Waals surface area contributed by atoms with E-state index in [4.69, 9.17) is 15.3 Å². The van der Waals surface area contributed by atoms with Crippen molar-refractivity contribution in [1.29, 1.82) is 0 Å². The maximum Gasteiger partial charge on any atom is 0.335 e. The Hall–Kier alpha value is -1.92. The van der Waals surface area contributed by atoms with Gasteiger partial charge in [-0.3, -0.25) is 0 Å². The topological polar surface area (TPSA) is 115 Å². The second-order valence-corrected chi connectivity index (χ2v) is 4.75. The van der Waals surface area contributed by atoms with Gasteiger partial charge in [-0.1, -0.05) is 19.3 Å². The lowest BCUT2D eigenvalue weighted by Gasteiger charge is -2.23. The number of aliphatic hydroxyl groups excluding tert-OH is 2. The Morgan fingerprint density at radius 2 is 1.45 bits per heavy atom. The first-order chi connectivity index (χ1) is 10.6. The Labute approximate surface area is 130 Å². The molecule has 1 aromatic carbocycles. The predicted molar refractivity (Wildman–Crippen MR) is 82.5 cm³/mol. The molecule has 0 unspecified atom stereocenters. The second kappa shape index (κ2) is 10.8. The molecule has 124 valence electrons. The number of carboxylic acids is 2. The van der Waals surface area contributed by atoms with E-state index < -0.39 is 11.9 Å². The van der Waals surface area contributed by atoms with Gasteiger partial charge in [0.1, 0.15) is 0 Å². The molecule has 6 nitrogen and oxygen atoms in total. The summed E-state index contributed by atoms with van der Waals surface area (Å²) in [6.07, 6.45) is 5.24. The summed E-state index contributed by atoms with van der Waals surface area (Å²) in [5.41, 5.74) is 1.09. The minimum atomic E-state index is -1.01. The lowest BCUT2D eigenvalue weighted by atomic mass is 9.81.